The molecular weight excluding hydrogens is 452 g/mol. The van der Waals surface area contributed by atoms with Gasteiger partial charge in [-0.2, -0.15) is 0 Å². The van der Waals surface area contributed by atoms with Crippen molar-refractivity contribution in [3.8, 4) is 0 Å². The van der Waals surface area contributed by atoms with Crippen LogP contribution in [-0.4, -0.2) is 34.2 Å². The largest absolute Gasteiger partial charge is 0.332 e. The van der Waals surface area contributed by atoms with Crippen molar-refractivity contribution in [2.24, 2.45) is 0 Å². The maximum Gasteiger partial charge on any atom is 0.254 e. The molecule has 0 unspecified atom stereocenters. The van der Waals surface area contributed by atoms with Gasteiger partial charge in [0.05, 0.1) is 6.54 Å². The third-order valence-corrected chi connectivity index (χ3v) is 7.38. The van der Waals surface area contributed by atoms with Crippen molar-refractivity contribution in [1.82, 2.24) is 9.80 Å². The molecule has 4 nitrogen and oxygen atoms in total. The molecule has 3 rings (SSSR count). The molecule has 0 fully saturated rings. The molecule has 0 radical (unpaired) electrons. The highest BCUT2D eigenvalue weighted by molar-refractivity contribution is 7.11. The second kappa shape index (κ2) is 11.7. The van der Waals surface area contributed by atoms with Crippen LogP contribution < -0.4 is 0 Å². The smallest absolute Gasteiger partial charge is 0.254 e. The lowest BCUT2D eigenvalue weighted by molar-refractivity contribution is -0.133. The van der Waals surface area contributed by atoms with Gasteiger partial charge in [0.15, 0.2) is 0 Å². The number of aryl methyl sites for hydroxylation is 1. The Morgan fingerprint density at radius 3 is 2.11 bits per heavy atom. The number of benzene rings is 2. The molecular formula is C30H38N2O2S. The summed E-state index contributed by atoms with van der Waals surface area (Å²) in [6, 6.07) is 22.0. The first-order chi connectivity index (χ1) is 16.6. The van der Waals surface area contributed by atoms with Crippen molar-refractivity contribution < 1.29 is 9.59 Å². The lowest BCUT2D eigenvalue weighted by atomic mass is 9.86. The van der Waals surface area contributed by atoms with Crippen LogP contribution in [0.5, 0.6) is 0 Å². The Balaban J connectivity index is 1.83. The quantitative estimate of drug-likeness (QED) is 0.330. The van der Waals surface area contributed by atoms with E-state index in [2.05, 4.69) is 39.8 Å². The molecule has 5 heteroatoms. The van der Waals surface area contributed by atoms with Gasteiger partial charge in [-0.05, 0) is 61.1 Å². The maximum atomic E-state index is 13.6. The van der Waals surface area contributed by atoms with E-state index in [1.165, 1.54) is 10.4 Å². The highest BCUT2D eigenvalue weighted by Gasteiger charge is 2.26. The van der Waals surface area contributed by atoms with Crippen LogP contribution in [0.2, 0.25) is 0 Å². The third-order valence-electron chi connectivity index (χ3n) is 6.40. The summed E-state index contributed by atoms with van der Waals surface area (Å²) in [6.07, 6.45) is 0.780. The molecule has 0 saturated heterocycles. The molecule has 0 bridgehead atoms. The Morgan fingerprint density at radius 2 is 1.57 bits per heavy atom. The zero-order chi connectivity index (χ0) is 25.6. The summed E-state index contributed by atoms with van der Waals surface area (Å²) in [5.41, 5.74) is 2.90. The first kappa shape index (κ1) is 26.7. The zero-order valence-corrected chi connectivity index (χ0v) is 22.7. The molecule has 0 aliphatic carbocycles. The summed E-state index contributed by atoms with van der Waals surface area (Å²) in [5.74, 6) is -0.139. The number of hydrogen-bond acceptors (Lipinski definition) is 3. The van der Waals surface area contributed by atoms with Crippen molar-refractivity contribution in [3.05, 3.63) is 93.2 Å². The average Bonchev–Trinajstić information content (AvgIpc) is 3.25. The summed E-state index contributed by atoms with van der Waals surface area (Å²) in [5, 5.41) is 0. The van der Waals surface area contributed by atoms with E-state index >= 15 is 0 Å². The van der Waals surface area contributed by atoms with Crippen LogP contribution in [0.3, 0.4) is 0 Å². The van der Waals surface area contributed by atoms with E-state index in [0.717, 1.165) is 16.9 Å². The Bertz CT molecular complexity index is 1110. The Hall–Kier alpha value is -2.92. The highest BCUT2D eigenvalue weighted by atomic mass is 32.1. The molecule has 1 heterocycles. The van der Waals surface area contributed by atoms with E-state index in [1.807, 2.05) is 73.3 Å². The van der Waals surface area contributed by atoms with Gasteiger partial charge in [-0.25, -0.2) is 0 Å². The van der Waals surface area contributed by atoms with Gasteiger partial charge in [0.1, 0.15) is 6.54 Å². The van der Waals surface area contributed by atoms with E-state index in [9.17, 15) is 9.59 Å². The fraction of sp³-hybridized carbons (Fsp3) is 0.400. The van der Waals surface area contributed by atoms with Gasteiger partial charge in [-0.3, -0.25) is 9.59 Å². The van der Waals surface area contributed by atoms with Crippen LogP contribution in [0.4, 0.5) is 0 Å². The molecule has 2 aromatic carbocycles. The molecule has 1 aromatic heterocycles. The van der Waals surface area contributed by atoms with Crippen LogP contribution in [0.1, 0.15) is 72.3 Å². The number of amides is 2. The van der Waals surface area contributed by atoms with Gasteiger partial charge < -0.3 is 9.80 Å². The van der Waals surface area contributed by atoms with Crippen molar-refractivity contribution in [2.45, 2.75) is 72.5 Å². The Kier molecular flexibility index (Phi) is 8.90. The first-order valence-electron chi connectivity index (χ1n) is 12.4. The normalized spacial score (nSPS) is 12.3. The summed E-state index contributed by atoms with van der Waals surface area (Å²) in [7, 11) is 0. The molecule has 35 heavy (non-hydrogen) atoms. The van der Waals surface area contributed by atoms with Gasteiger partial charge in [0, 0.05) is 27.9 Å². The van der Waals surface area contributed by atoms with Crippen molar-refractivity contribution in [3.63, 3.8) is 0 Å². The van der Waals surface area contributed by atoms with E-state index < -0.39 is 0 Å². The molecule has 186 valence electrons. The number of rotatable bonds is 9. The minimum Gasteiger partial charge on any atom is -0.332 e. The Morgan fingerprint density at radius 1 is 0.914 bits per heavy atom. The molecule has 1 atom stereocenters. The lowest BCUT2D eigenvalue weighted by Gasteiger charge is -2.31. The topological polar surface area (TPSA) is 40.6 Å². The van der Waals surface area contributed by atoms with Crippen molar-refractivity contribution in [1.29, 1.82) is 0 Å². The van der Waals surface area contributed by atoms with Gasteiger partial charge in [-0.1, -0.05) is 70.2 Å². The van der Waals surface area contributed by atoms with Crippen LogP contribution in [0.15, 0.2) is 66.7 Å². The van der Waals surface area contributed by atoms with E-state index in [-0.39, 0.29) is 29.8 Å². The molecule has 0 saturated carbocycles. The van der Waals surface area contributed by atoms with Crippen LogP contribution in [-0.2, 0) is 23.3 Å². The number of nitrogens with zero attached hydrogens (tertiary/aromatic N) is 2. The monoisotopic (exact) mass is 490 g/mol. The van der Waals surface area contributed by atoms with E-state index in [0.29, 0.717) is 18.7 Å². The second-order valence-corrected chi connectivity index (χ2v) is 11.6. The molecule has 0 spiro atoms. The summed E-state index contributed by atoms with van der Waals surface area (Å²) < 4.78 is 0. The first-order valence-corrected chi connectivity index (χ1v) is 13.2. The van der Waals surface area contributed by atoms with Crippen LogP contribution in [0, 0.1) is 6.92 Å². The minimum atomic E-state index is -0.0974. The molecule has 0 aliphatic rings. The molecule has 3 aromatic rings. The third kappa shape index (κ3) is 7.28. The number of carbonyl (C=O) groups is 2. The van der Waals surface area contributed by atoms with E-state index in [4.69, 9.17) is 0 Å². The van der Waals surface area contributed by atoms with Crippen molar-refractivity contribution >= 4 is 23.2 Å². The van der Waals surface area contributed by atoms with Gasteiger partial charge in [-0.15, -0.1) is 11.3 Å². The number of carbonyl (C=O) groups excluding carboxylic acids is 2. The predicted octanol–water partition coefficient (Wildman–Crippen LogP) is 6.82. The zero-order valence-electron chi connectivity index (χ0n) is 21.9. The Labute approximate surface area is 214 Å². The highest BCUT2D eigenvalue weighted by Crippen LogP contribution is 2.23. The second-order valence-electron chi connectivity index (χ2n) is 10.3. The summed E-state index contributed by atoms with van der Waals surface area (Å²) >= 11 is 1.71. The fourth-order valence-corrected chi connectivity index (χ4v) is 4.87. The molecule has 2 amide bonds. The summed E-state index contributed by atoms with van der Waals surface area (Å²) in [4.78, 5) is 33.2. The standard InChI is InChI=1S/C30H38N2O2S/c1-7-22(2)32(29(34)25-14-16-26(17-15-25)30(4,5)6)21-28(33)31(19-24-11-9-8-10-12-24)20-27-18-13-23(3)35-27/h8-18,22H,7,19-21H2,1-6H3/t22-/m1/s1. The van der Waals surface area contributed by atoms with Gasteiger partial charge in [0.2, 0.25) is 5.91 Å². The minimum absolute atomic E-state index is 0.0199. The fourth-order valence-electron chi connectivity index (χ4n) is 3.97. The molecule has 0 N–H and O–H groups in total. The number of hydrogen-bond donors (Lipinski definition) is 0. The summed E-state index contributed by atoms with van der Waals surface area (Å²) in [6.45, 7) is 13.7. The maximum absolute atomic E-state index is 13.6. The average molecular weight is 491 g/mol. The predicted molar refractivity (Wildman–Crippen MR) is 146 cm³/mol. The van der Waals surface area contributed by atoms with E-state index in [1.54, 1.807) is 16.2 Å². The SMILES string of the molecule is CC[C@@H](C)N(CC(=O)N(Cc1ccccc1)Cc1ccc(C)s1)C(=O)c1ccc(C(C)(C)C)cc1. The lowest BCUT2D eigenvalue weighted by Crippen LogP contribution is -2.46. The number of thiophene rings is 1. The molecule has 0 aliphatic heterocycles. The van der Waals surface area contributed by atoms with Crippen molar-refractivity contribution in [2.75, 3.05) is 6.54 Å². The van der Waals surface area contributed by atoms with Crippen LogP contribution >= 0.6 is 11.3 Å². The van der Waals surface area contributed by atoms with Gasteiger partial charge in [0.25, 0.3) is 5.91 Å². The van der Waals surface area contributed by atoms with Crippen LogP contribution in [0.25, 0.3) is 0 Å². The van der Waals surface area contributed by atoms with Gasteiger partial charge >= 0.3 is 0 Å².